The SMILES string of the molecule is CCCC(C)C(=O)OC(C)C[C@@](N)(Cc1ccc(OC(=O)OCCC(C)C)c(OC(=O)OCCC(C)C)c1)C(=O)OC. The number of hydrogen-bond acceptors (Lipinski definition) is 11. The summed E-state index contributed by atoms with van der Waals surface area (Å²) in [6.45, 7) is 13.7. The maximum atomic E-state index is 12.8. The van der Waals surface area contributed by atoms with E-state index in [0.29, 0.717) is 36.7 Å². The Labute approximate surface area is 249 Å². The van der Waals surface area contributed by atoms with Crippen molar-refractivity contribution in [3.05, 3.63) is 23.8 Å². The average molecular weight is 596 g/mol. The van der Waals surface area contributed by atoms with Gasteiger partial charge in [0.05, 0.1) is 26.2 Å². The number of hydrogen-bond donors (Lipinski definition) is 1. The molecule has 42 heavy (non-hydrogen) atoms. The van der Waals surface area contributed by atoms with Crippen LogP contribution in [0.5, 0.6) is 11.5 Å². The molecule has 1 aromatic rings. The summed E-state index contributed by atoms with van der Waals surface area (Å²) in [4.78, 5) is 49.9. The van der Waals surface area contributed by atoms with Crippen LogP contribution in [0.15, 0.2) is 18.2 Å². The molecule has 11 nitrogen and oxygen atoms in total. The zero-order valence-electron chi connectivity index (χ0n) is 26.4. The van der Waals surface area contributed by atoms with Crippen molar-refractivity contribution in [3.8, 4) is 11.5 Å². The molecule has 0 saturated heterocycles. The molecule has 0 spiro atoms. The van der Waals surface area contributed by atoms with E-state index >= 15 is 0 Å². The van der Waals surface area contributed by atoms with Crippen LogP contribution in [-0.2, 0) is 35.0 Å². The lowest BCUT2D eigenvalue weighted by Crippen LogP contribution is -2.53. The van der Waals surface area contributed by atoms with E-state index in [4.69, 9.17) is 34.2 Å². The average Bonchev–Trinajstić information content (AvgIpc) is 2.89. The number of esters is 2. The van der Waals surface area contributed by atoms with Gasteiger partial charge in [-0.25, -0.2) is 9.59 Å². The highest BCUT2D eigenvalue weighted by Gasteiger charge is 2.38. The van der Waals surface area contributed by atoms with Crippen LogP contribution in [0.1, 0.15) is 86.1 Å². The number of methoxy groups -OCH3 is 1. The Bertz CT molecular complexity index is 1020. The molecular weight excluding hydrogens is 546 g/mol. The summed E-state index contributed by atoms with van der Waals surface area (Å²) >= 11 is 0. The molecule has 0 aliphatic carbocycles. The van der Waals surface area contributed by atoms with Crippen molar-refractivity contribution in [2.75, 3.05) is 20.3 Å². The molecule has 0 aliphatic heterocycles. The molecular formula is C31H49NO10. The Balaban J connectivity index is 3.19. The lowest BCUT2D eigenvalue weighted by atomic mass is 9.86. The third-order valence-electron chi connectivity index (χ3n) is 6.43. The van der Waals surface area contributed by atoms with Gasteiger partial charge in [0.2, 0.25) is 0 Å². The molecule has 0 saturated carbocycles. The van der Waals surface area contributed by atoms with Crippen LogP contribution in [0.4, 0.5) is 9.59 Å². The van der Waals surface area contributed by atoms with Crippen molar-refractivity contribution >= 4 is 24.2 Å². The fraction of sp³-hybridized carbons (Fsp3) is 0.677. The highest BCUT2D eigenvalue weighted by molar-refractivity contribution is 5.81. The summed E-state index contributed by atoms with van der Waals surface area (Å²) in [5.41, 5.74) is 5.41. The molecule has 0 radical (unpaired) electrons. The highest BCUT2D eigenvalue weighted by atomic mass is 16.7. The van der Waals surface area contributed by atoms with Gasteiger partial charge in [0.1, 0.15) is 11.6 Å². The van der Waals surface area contributed by atoms with Crippen molar-refractivity contribution in [1.29, 1.82) is 0 Å². The lowest BCUT2D eigenvalue weighted by Gasteiger charge is -2.30. The standard InChI is InChI=1S/C31H49NO10/c1-9-10-22(6)27(33)40-23(7)18-31(32,28(34)37-8)19-24-11-12-25(41-29(35)38-15-13-20(2)3)26(17-24)42-30(36)39-16-14-21(4)5/h11-12,17,20-23H,9-10,13-16,18-19,32H2,1-8H3/t22?,23?,31-/m1/s1. The predicted molar refractivity (Wildman–Crippen MR) is 156 cm³/mol. The summed E-state index contributed by atoms with van der Waals surface area (Å²) in [6.07, 6.45) is 0.0682. The van der Waals surface area contributed by atoms with Gasteiger partial charge in [-0.2, -0.15) is 0 Å². The molecule has 238 valence electrons. The molecule has 0 aromatic heterocycles. The van der Waals surface area contributed by atoms with Crippen molar-refractivity contribution < 1.29 is 47.6 Å². The van der Waals surface area contributed by atoms with Crippen molar-refractivity contribution in [3.63, 3.8) is 0 Å². The lowest BCUT2D eigenvalue weighted by molar-refractivity contribution is -0.157. The topological polar surface area (TPSA) is 150 Å². The largest absolute Gasteiger partial charge is 0.513 e. The van der Waals surface area contributed by atoms with Crippen LogP contribution in [0.2, 0.25) is 0 Å². The summed E-state index contributed by atoms with van der Waals surface area (Å²) < 4.78 is 31.5. The smallest absolute Gasteiger partial charge is 0.468 e. The number of benzene rings is 1. The monoisotopic (exact) mass is 595 g/mol. The number of nitrogens with two attached hydrogens (primary N) is 1. The minimum Gasteiger partial charge on any atom is -0.468 e. The summed E-state index contributed by atoms with van der Waals surface area (Å²) in [5.74, 6) is -0.930. The van der Waals surface area contributed by atoms with Gasteiger partial charge in [-0.1, -0.05) is 54.0 Å². The van der Waals surface area contributed by atoms with E-state index in [9.17, 15) is 19.2 Å². The van der Waals surface area contributed by atoms with E-state index in [2.05, 4.69) is 0 Å². The van der Waals surface area contributed by atoms with Gasteiger partial charge in [-0.3, -0.25) is 9.59 Å². The zero-order valence-corrected chi connectivity index (χ0v) is 26.4. The Hall–Kier alpha value is -3.34. The number of rotatable bonds is 17. The van der Waals surface area contributed by atoms with E-state index in [1.807, 2.05) is 34.6 Å². The van der Waals surface area contributed by atoms with E-state index in [1.165, 1.54) is 19.2 Å². The van der Waals surface area contributed by atoms with Gasteiger partial charge in [0.15, 0.2) is 11.5 Å². The van der Waals surface area contributed by atoms with Crippen LogP contribution in [0.3, 0.4) is 0 Å². The van der Waals surface area contributed by atoms with Crippen LogP contribution >= 0.6 is 0 Å². The van der Waals surface area contributed by atoms with Gasteiger partial charge in [-0.05, 0) is 55.7 Å². The highest BCUT2D eigenvalue weighted by Crippen LogP contribution is 2.32. The molecule has 2 N–H and O–H groups in total. The zero-order chi connectivity index (χ0) is 31.9. The molecule has 0 fully saturated rings. The van der Waals surface area contributed by atoms with E-state index in [1.54, 1.807) is 19.9 Å². The molecule has 0 amide bonds. The third-order valence-corrected chi connectivity index (χ3v) is 6.43. The van der Waals surface area contributed by atoms with Crippen LogP contribution < -0.4 is 15.2 Å². The van der Waals surface area contributed by atoms with Crippen molar-refractivity contribution in [2.45, 2.75) is 98.6 Å². The molecule has 0 bridgehead atoms. The van der Waals surface area contributed by atoms with Crippen LogP contribution in [-0.4, -0.2) is 56.2 Å². The first kappa shape index (κ1) is 36.7. The number of ether oxygens (including phenoxy) is 6. The van der Waals surface area contributed by atoms with Gasteiger partial charge < -0.3 is 34.2 Å². The Morgan fingerprint density at radius 2 is 1.38 bits per heavy atom. The molecule has 1 rings (SSSR count). The van der Waals surface area contributed by atoms with Gasteiger partial charge in [-0.15, -0.1) is 0 Å². The van der Waals surface area contributed by atoms with Crippen LogP contribution in [0, 0.1) is 17.8 Å². The van der Waals surface area contributed by atoms with Gasteiger partial charge >= 0.3 is 24.2 Å². The normalized spacial score (nSPS) is 14.0. The summed E-state index contributed by atoms with van der Waals surface area (Å²) in [5, 5.41) is 0. The molecule has 0 heterocycles. The Morgan fingerprint density at radius 3 is 1.88 bits per heavy atom. The maximum Gasteiger partial charge on any atom is 0.513 e. The van der Waals surface area contributed by atoms with Crippen LogP contribution in [0.25, 0.3) is 0 Å². The van der Waals surface area contributed by atoms with E-state index < -0.39 is 29.9 Å². The fourth-order valence-electron chi connectivity index (χ4n) is 4.04. The Kier molecular flexibility index (Phi) is 15.9. The molecule has 11 heteroatoms. The minimum atomic E-state index is -1.59. The van der Waals surface area contributed by atoms with Gasteiger partial charge in [0.25, 0.3) is 0 Å². The second kappa shape index (κ2) is 18.3. The van der Waals surface area contributed by atoms with E-state index in [-0.39, 0.29) is 49.4 Å². The van der Waals surface area contributed by atoms with Crippen molar-refractivity contribution in [1.82, 2.24) is 0 Å². The minimum absolute atomic E-state index is 0.0296. The summed E-state index contributed by atoms with van der Waals surface area (Å²) in [6, 6.07) is 4.40. The maximum absolute atomic E-state index is 12.8. The first-order chi connectivity index (χ1) is 19.7. The molecule has 2 unspecified atom stereocenters. The Morgan fingerprint density at radius 1 is 0.833 bits per heavy atom. The first-order valence-corrected chi connectivity index (χ1v) is 14.6. The fourth-order valence-corrected chi connectivity index (χ4v) is 4.04. The predicted octanol–water partition coefficient (Wildman–Crippen LogP) is 5.98. The number of carbonyl (C=O) groups is 4. The van der Waals surface area contributed by atoms with Crippen molar-refractivity contribution in [2.24, 2.45) is 23.5 Å². The first-order valence-electron chi connectivity index (χ1n) is 14.6. The second-order valence-electron chi connectivity index (χ2n) is 11.5. The quantitative estimate of drug-likeness (QED) is 0.129. The number of carbonyl (C=O) groups excluding carboxylic acids is 4. The third kappa shape index (κ3) is 13.5. The van der Waals surface area contributed by atoms with Gasteiger partial charge in [0, 0.05) is 12.8 Å². The van der Waals surface area contributed by atoms with E-state index in [0.717, 1.165) is 6.42 Å². The molecule has 3 atom stereocenters. The molecule has 1 aromatic carbocycles. The summed E-state index contributed by atoms with van der Waals surface area (Å²) in [7, 11) is 1.22. The molecule has 0 aliphatic rings. The second-order valence-corrected chi connectivity index (χ2v) is 11.5.